The highest BCUT2D eigenvalue weighted by Crippen LogP contribution is 2.31. The smallest absolute Gasteiger partial charge is 0.443 e. The fourth-order valence-electron chi connectivity index (χ4n) is 0. The first-order valence-electron chi connectivity index (χ1n) is 3.30. The van der Waals surface area contributed by atoms with E-state index in [0.29, 0.717) is 0 Å². The van der Waals surface area contributed by atoms with Crippen molar-refractivity contribution in [2.24, 2.45) is 0 Å². The summed E-state index contributed by atoms with van der Waals surface area (Å²) in [5, 5.41) is 0. The van der Waals surface area contributed by atoms with E-state index in [1.807, 2.05) is 0 Å². The van der Waals surface area contributed by atoms with Crippen molar-refractivity contribution in [3.8, 4) is 0 Å². The van der Waals surface area contributed by atoms with E-state index in [1.54, 1.807) is 0 Å². The summed E-state index contributed by atoms with van der Waals surface area (Å²) in [6, 6.07) is 0. The average Bonchev–Trinajstić information content (AvgIpc) is 1.50. The van der Waals surface area contributed by atoms with Crippen molar-refractivity contribution in [2.45, 2.75) is 6.08 Å². The second kappa shape index (κ2) is 4.21. The molecule has 0 radical (unpaired) electrons. The summed E-state index contributed by atoms with van der Waals surface area (Å²) in [6.07, 6.45) is -6.00. The predicted molar refractivity (Wildman–Crippen MR) is 39.1 cm³/mol. The fraction of sp³-hybridized carbons (Fsp3) is 1.00. The van der Waals surface area contributed by atoms with Gasteiger partial charge in [-0.1, -0.05) is 0 Å². The minimum Gasteiger partial charge on any atom is -0.443 e. The molecule has 0 spiro atoms. The third-order valence-corrected chi connectivity index (χ3v) is 0.371. The fourth-order valence-corrected chi connectivity index (χ4v) is 0. The lowest BCUT2D eigenvalue weighted by atomic mass is 9.92. The first-order valence-corrected chi connectivity index (χ1v) is 3.30. The van der Waals surface area contributed by atoms with Crippen LogP contribution in [0.3, 0.4) is 0 Å². The van der Waals surface area contributed by atoms with E-state index in [2.05, 4.69) is 28.2 Å². The summed E-state index contributed by atoms with van der Waals surface area (Å²) in [5.74, 6) is 0. The van der Waals surface area contributed by atoms with Crippen molar-refractivity contribution in [1.29, 1.82) is 0 Å². The zero-order valence-electron chi connectivity index (χ0n) is 7.79. The molecule has 82 valence electrons. The first-order chi connectivity index (χ1) is 5.25. The Morgan fingerprint density at radius 1 is 0.846 bits per heavy atom. The van der Waals surface area contributed by atoms with Gasteiger partial charge in [0.1, 0.15) is 0 Å². The van der Waals surface area contributed by atoms with Crippen LogP contribution in [0.2, 0.25) is 0 Å². The number of rotatable bonds is 0. The zero-order valence-corrected chi connectivity index (χ0v) is 7.79. The van der Waals surface area contributed by atoms with E-state index >= 15 is 0 Å². The van der Waals surface area contributed by atoms with Gasteiger partial charge in [0.15, 0.2) is 0 Å². The van der Waals surface area contributed by atoms with Gasteiger partial charge in [-0.3, -0.25) is 0 Å². The molecule has 0 fully saturated rings. The maximum atomic E-state index is 10.5. The van der Waals surface area contributed by atoms with Gasteiger partial charge >= 0.3 is 13.1 Å². The summed E-state index contributed by atoms with van der Waals surface area (Å²) in [4.78, 5) is 0. The molecule has 0 aliphatic carbocycles. The molecule has 0 heterocycles. The van der Waals surface area contributed by atoms with Crippen LogP contribution in [0, 0.1) is 0 Å². The molecule has 0 unspecified atom stereocenters. The topological polar surface area (TPSA) is 0 Å². The van der Waals surface area contributed by atoms with Crippen LogP contribution in [-0.4, -0.2) is 45.7 Å². The van der Waals surface area contributed by atoms with Crippen molar-refractivity contribution < 1.29 is 30.6 Å². The van der Waals surface area contributed by atoms with Gasteiger partial charge in [-0.2, -0.15) is 0 Å². The SMILES string of the molecule is C[N+](C)(C)C.F[B-](F)(F)C(F)(F)F. The van der Waals surface area contributed by atoms with E-state index < -0.39 is 13.1 Å². The van der Waals surface area contributed by atoms with Crippen LogP contribution >= 0.6 is 0 Å². The van der Waals surface area contributed by atoms with Crippen molar-refractivity contribution in [2.75, 3.05) is 28.2 Å². The van der Waals surface area contributed by atoms with E-state index in [1.165, 1.54) is 0 Å². The summed E-state index contributed by atoms with van der Waals surface area (Å²) >= 11 is 0. The Kier molecular flexibility index (Phi) is 4.89. The van der Waals surface area contributed by atoms with E-state index in [0.717, 1.165) is 4.48 Å². The van der Waals surface area contributed by atoms with Gasteiger partial charge in [0.05, 0.1) is 28.2 Å². The minimum atomic E-state index is -6.65. The second-order valence-electron chi connectivity index (χ2n) is 3.80. The molecule has 0 N–H and O–H groups in total. The van der Waals surface area contributed by atoms with Gasteiger partial charge in [-0.25, -0.2) is 13.2 Å². The molecule has 0 saturated carbocycles. The Morgan fingerprint density at radius 2 is 0.923 bits per heavy atom. The van der Waals surface area contributed by atoms with Crippen molar-refractivity contribution >= 4 is 6.98 Å². The van der Waals surface area contributed by atoms with Crippen molar-refractivity contribution in [3.63, 3.8) is 0 Å². The third kappa shape index (κ3) is 14.5. The molecule has 0 aromatic heterocycles. The van der Waals surface area contributed by atoms with Gasteiger partial charge in [-0.05, 0) is 0 Å². The van der Waals surface area contributed by atoms with Gasteiger partial charge in [0, 0.05) is 0 Å². The van der Waals surface area contributed by atoms with Gasteiger partial charge < -0.3 is 17.4 Å². The van der Waals surface area contributed by atoms with Crippen molar-refractivity contribution in [3.05, 3.63) is 0 Å². The molecule has 0 rings (SSSR count). The van der Waals surface area contributed by atoms with E-state index in [9.17, 15) is 26.1 Å². The normalized spacial score (nSPS) is 13.4. The number of halogens is 6. The molecule has 0 aliphatic rings. The molecule has 0 amide bonds. The molecular formula is C5H12BF6N. The Balaban J connectivity index is 0. The number of quaternary nitrogens is 1. The Bertz CT molecular complexity index is 125. The largest absolute Gasteiger partial charge is 0.583 e. The quantitative estimate of drug-likeness (QED) is 0.327. The average molecular weight is 211 g/mol. The third-order valence-electron chi connectivity index (χ3n) is 0.371. The van der Waals surface area contributed by atoms with Gasteiger partial charge in [0.25, 0.3) is 0 Å². The lowest BCUT2D eigenvalue weighted by Gasteiger charge is -2.16. The monoisotopic (exact) mass is 211 g/mol. The first kappa shape index (κ1) is 15.1. The predicted octanol–water partition coefficient (Wildman–Crippen LogP) is 2.26. The molecule has 13 heavy (non-hydrogen) atoms. The lowest BCUT2D eigenvalue weighted by molar-refractivity contribution is -0.849. The van der Waals surface area contributed by atoms with Crippen LogP contribution in [0.5, 0.6) is 0 Å². The Hall–Kier alpha value is -0.395. The number of hydrogen-bond acceptors (Lipinski definition) is 0. The maximum absolute atomic E-state index is 10.5. The summed E-state index contributed by atoms with van der Waals surface area (Å²) in [5.41, 5.74) is 0. The lowest BCUT2D eigenvalue weighted by Crippen LogP contribution is -2.37. The highest BCUT2D eigenvalue weighted by Gasteiger charge is 2.53. The molecule has 1 nitrogen and oxygen atoms in total. The summed E-state index contributed by atoms with van der Waals surface area (Å²) in [6.45, 7) is -6.65. The Morgan fingerprint density at radius 3 is 0.923 bits per heavy atom. The molecule has 0 aliphatic heterocycles. The van der Waals surface area contributed by atoms with Crippen LogP contribution in [-0.2, 0) is 0 Å². The molecule has 8 heteroatoms. The molecule has 0 aromatic carbocycles. The second-order valence-corrected chi connectivity index (χ2v) is 3.80. The highest BCUT2D eigenvalue weighted by molar-refractivity contribution is 6.60. The van der Waals surface area contributed by atoms with E-state index in [-0.39, 0.29) is 0 Å². The Labute approximate surface area is 73.0 Å². The van der Waals surface area contributed by atoms with E-state index in [4.69, 9.17) is 0 Å². The van der Waals surface area contributed by atoms with Crippen LogP contribution in [0.15, 0.2) is 0 Å². The molecule has 0 saturated heterocycles. The number of hydrogen-bond donors (Lipinski definition) is 0. The standard InChI is InChI=1S/C4H12N.CBF6/c1-5(2,3)4;3-1(4,5)2(6,7)8/h1-4H3;/q+1;-1. The molecular weight excluding hydrogens is 199 g/mol. The summed E-state index contributed by atoms with van der Waals surface area (Å²) in [7, 11) is 8.50. The number of nitrogens with zero attached hydrogens (tertiary/aromatic N) is 1. The summed E-state index contributed by atoms with van der Waals surface area (Å²) < 4.78 is 63.9. The van der Waals surface area contributed by atoms with Gasteiger partial charge in [0.2, 0.25) is 0 Å². The molecule has 0 bridgehead atoms. The maximum Gasteiger partial charge on any atom is 0.583 e. The van der Waals surface area contributed by atoms with Crippen LogP contribution < -0.4 is 0 Å². The molecule has 0 atom stereocenters. The van der Waals surface area contributed by atoms with Gasteiger partial charge in [-0.15, -0.1) is 0 Å². The highest BCUT2D eigenvalue weighted by atomic mass is 19.4. The zero-order chi connectivity index (χ0) is 11.5. The minimum absolute atomic E-state index is 1.00. The van der Waals surface area contributed by atoms with Crippen LogP contribution in [0.25, 0.3) is 0 Å². The van der Waals surface area contributed by atoms with Crippen molar-refractivity contribution in [1.82, 2.24) is 0 Å². The molecule has 0 aromatic rings. The van der Waals surface area contributed by atoms with Crippen LogP contribution in [0.1, 0.15) is 0 Å². The van der Waals surface area contributed by atoms with Crippen LogP contribution in [0.4, 0.5) is 26.1 Å². The number of alkyl halides is 3.